The lowest BCUT2D eigenvalue weighted by atomic mass is 10.2. The number of morpholine rings is 1. The molecule has 1 aromatic rings. The Morgan fingerprint density at radius 2 is 2.05 bits per heavy atom. The van der Waals surface area contributed by atoms with Gasteiger partial charge in [-0.2, -0.15) is 0 Å². The lowest BCUT2D eigenvalue weighted by molar-refractivity contribution is -0.0530. The highest BCUT2D eigenvalue weighted by Gasteiger charge is 2.26. The molecular formula is C13H16ClFN2O2. The average molecular weight is 287 g/mol. The van der Waals surface area contributed by atoms with Gasteiger partial charge in [0.2, 0.25) is 0 Å². The Hall–Kier alpha value is -1.33. The van der Waals surface area contributed by atoms with Gasteiger partial charge in [0.15, 0.2) is 0 Å². The fourth-order valence-electron chi connectivity index (χ4n) is 2.13. The van der Waals surface area contributed by atoms with Crippen LogP contribution in [0.5, 0.6) is 0 Å². The Morgan fingerprint density at radius 3 is 2.63 bits per heavy atom. The molecule has 1 heterocycles. The Labute approximate surface area is 116 Å². The van der Waals surface area contributed by atoms with Crippen LogP contribution in [0.25, 0.3) is 0 Å². The van der Waals surface area contributed by atoms with E-state index in [2.05, 4.69) is 5.32 Å². The number of urea groups is 1. The number of amides is 2. The van der Waals surface area contributed by atoms with Crippen LogP contribution in [-0.2, 0) is 4.74 Å². The summed E-state index contributed by atoms with van der Waals surface area (Å²) in [6.07, 6.45) is -0.00335. The van der Waals surface area contributed by atoms with Crippen LogP contribution in [0.1, 0.15) is 13.8 Å². The number of rotatable bonds is 1. The molecule has 4 nitrogen and oxygen atoms in total. The molecule has 2 rings (SSSR count). The molecule has 104 valence electrons. The normalized spacial score (nSPS) is 23.3. The zero-order valence-electron chi connectivity index (χ0n) is 10.8. The summed E-state index contributed by atoms with van der Waals surface area (Å²) in [5.74, 6) is -0.434. The van der Waals surface area contributed by atoms with E-state index in [9.17, 15) is 9.18 Å². The van der Waals surface area contributed by atoms with Crippen LogP contribution >= 0.6 is 11.6 Å². The molecule has 2 unspecified atom stereocenters. The molecule has 0 aliphatic carbocycles. The predicted molar refractivity (Wildman–Crippen MR) is 72.0 cm³/mol. The van der Waals surface area contributed by atoms with E-state index in [1.807, 2.05) is 13.8 Å². The van der Waals surface area contributed by atoms with Gasteiger partial charge in [0.25, 0.3) is 0 Å². The smallest absolute Gasteiger partial charge is 0.322 e. The van der Waals surface area contributed by atoms with Crippen molar-refractivity contribution in [3.63, 3.8) is 0 Å². The third kappa shape index (κ3) is 3.58. The minimum absolute atomic E-state index is 0.00168. The second-order valence-corrected chi connectivity index (χ2v) is 5.12. The lowest BCUT2D eigenvalue weighted by Crippen LogP contribution is -2.49. The number of nitrogens with one attached hydrogen (secondary N) is 1. The maximum Gasteiger partial charge on any atom is 0.322 e. The number of benzene rings is 1. The monoisotopic (exact) mass is 286 g/mol. The highest BCUT2D eigenvalue weighted by molar-refractivity contribution is 6.33. The van der Waals surface area contributed by atoms with Crippen LogP contribution in [0.15, 0.2) is 18.2 Å². The van der Waals surface area contributed by atoms with Gasteiger partial charge in [-0.1, -0.05) is 11.6 Å². The molecule has 0 aromatic heterocycles. The molecule has 0 spiro atoms. The van der Waals surface area contributed by atoms with Gasteiger partial charge in [-0.25, -0.2) is 9.18 Å². The number of ether oxygens (including phenoxy) is 1. The molecule has 1 N–H and O–H groups in total. The van der Waals surface area contributed by atoms with E-state index >= 15 is 0 Å². The molecule has 2 amide bonds. The Balaban J connectivity index is 2.04. The number of hydrogen-bond donors (Lipinski definition) is 1. The quantitative estimate of drug-likeness (QED) is 0.862. The highest BCUT2D eigenvalue weighted by atomic mass is 35.5. The number of nitrogens with zero attached hydrogens (tertiary/aromatic N) is 1. The number of hydrogen-bond acceptors (Lipinski definition) is 2. The van der Waals surface area contributed by atoms with Gasteiger partial charge in [0, 0.05) is 13.1 Å². The molecular weight excluding hydrogens is 271 g/mol. The predicted octanol–water partition coefficient (Wildman–Crippen LogP) is 3.12. The van der Waals surface area contributed by atoms with Gasteiger partial charge in [0.05, 0.1) is 22.9 Å². The maximum atomic E-state index is 12.9. The second kappa shape index (κ2) is 5.75. The highest BCUT2D eigenvalue weighted by Crippen LogP contribution is 2.23. The van der Waals surface area contributed by atoms with E-state index in [-0.39, 0.29) is 23.3 Å². The zero-order chi connectivity index (χ0) is 14.0. The van der Waals surface area contributed by atoms with Crippen molar-refractivity contribution in [2.24, 2.45) is 0 Å². The topological polar surface area (TPSA) is 41.6 Å². The molecule has 0 radical (unpaired) electrons. The van der Waals surface area contributed by atoms with Crippen molar-refractivity contribution in [2.45, 2.75) is 26.1 Å². The van der Waals surface area contributed by atoms with Gasteiger partial charge in [0.1, 0.15) is 5.82 Å². The molecule has 1 fully saturated rings. The van der Waals surface area contributed by atoms with Gasteiger partial charge in [-0.15, -0.1) is 0 Å². The molecule has 0 saturated carbocycles. The first-order valence-electron chi connectivity index (χ1n) is 6.12. The molecule has 6 heteroatoms. The minimum Gasteiger partial charge on any atom is -0.372 e. The molecule has 1 aliphatic heterocycles. The lowest BCUT2D eigenvalue weighted by Gasteiger charge is -2.35. The van der Waals surface area contributed by atoms with Crippen molar-refractivity contribution in [2.75, 3.05) is 18.4 Å². The summed E-state index contributed by atoms with van der Waals surface area (Å²) in [6.45, 7) is 4.88. The van der Waals surface area contributed by atoms with Crippen molar-refractivity contribution < 1.29 is 13.9 Å². The number of anilines is 1. The Kier molecular flexibility index (Phi) is 4.27. The SMILES string of the molecule is CC1CN(C(=O)Nc2ccc(F)cc2Cl)CC(C)O1. The summed E-state index contributed by atoms with van der Waals surface area (Å²) in [4.78, 5) is 13.8. The van der Waals surface area contributed by atoms with Crippen LogP contribution in [-0.4, -0.2) is 36.2 Å². The van der Waals surface area contributed by atoms with E-state index in [0.717, 1.165) is 0 Å². The maximum absolute atomic E-state index is 12.9. The van der Waals surface area contributed by atoms with Crippen molar-refractivity contribution in [3.8, 4) is 0 Å². The van der Waals surface area contributed by atoms with Crippen molar-refractivity contribution in [3.05, 3.63) is 29.0 Å². The summed E-state index contributed by atoms with van der Waals surface area (Å²) in [6, 6.07) is 3.62. The second-order valence-electron chi connectivity index (χ2n) is 4.72. The third-order valence-corrected chi connectivity index (χ3v) is 3.19. The van der Waals surface area contributed by atoms with Gasteiger partial charge in [-0.3, -0.25) is 0 Å². The average Bonchev–Trinajstić information content (AvgIpc) is 2.31. The standard InChI is InChI=1S/C13H16ClFN2O2/c1-8-6-17(7-9(2)19-8)13(18)16-12-4-3-10(15)5-11(12)14/h3-5,8-9H,6-7H2,1-2H3,(H,16,18). The largest absolute Gasteiger partial charge is 0.372 e. The summed E-state index contributed by atoms with van der Waals surface area (Å²) >= 11 is 5.87. The number of carbonyl (C=O) groups is 1. The summed E-state index contributed by atoms with van der Waals surface area (Å²) in [5.41, 5.74) is 0.403. The zero-order valence-corrected chi connectivity index (χ0v) is 11.6. The van der Waals surface area contributed by atoms with Crippen LogP contribution in [0, 0.1) is 5.82 Å². The van der Waals surface area contributed by atoms with Crippen molar-refractivity contribution in [1.82, 2.24) is 4.90 Å². The van der Waals surface area contributed by atoms with Gasteiger partial charge in [-0.05, 0) is 32.0 Å². The van der Waals surface area contributed by atoms with Crippen molar-refractivity contribution in [1.29, 1.82) is 0 Å². The first-order valence-corrected chi connectivity index (χ1v) is 6.50. The van der Waals surface area contributed by atoms with E-state index in [1.54, 1.807) is 4.90 Å². The number of halogens is 2. The fourth-order valence-corrected chi connectivity index (χ4v) is 2.34. The Bertz CT molecular complexity index is 474. The molecule has 19 heavy (non-hydrogen) atoms. The summed E-state index contributed by atoms with van der Waals surface area (Å²) in [5, 5.41) is 2.86. The molecule has 1 aromatic carbocycles. The van der Waals surface area contributed by atoms with E-state index < -0.39 is 5.82 Å². The van der Waals surface area contributed by atoms with E-state index in [1.165, 1.54) is 18.2 Å². The minimum atomic E-state index is -0.434. The van der Waals surface area contributed by atoms with Crippen LogP contribution in [0.4, 0.5) is 14.9 Å². The number of carbonyl (C=O) groups excluding carboxylic acids is 1. The van der Waals surface area contributed by atoms with Crippen LogP contribution in [0.3, 0.4) is 0 Å². The molecule has 1 aliphatic rings. The fraction of sp³-hybridized carbons (Fsp3) is 0.462. The first kappa shape index (κ1) is 14.1. The van der Waals surface area contributed by atoms with Crippen LogP contribution < -0.4 is 5.32 Å². The molecule has 0 bridgehead atoms. The summed E-state index contributed by atoms with van der Waals surface area (Å²) in [7, 11) is 0. The summed E-state index contributed by atoms with van der Waals surface area (Å²) < 4.78 is 18.5. The van der Waals surface area contributed by atoms with E-state index in [0.29, 0.717) is 18.8 Å². The first-order chi connectivity index (χ1) is 8.95. The van der Waals surface area contributed by atoms with Gasteiger partial charge < -0.3 is 15.0 Å². The van der Waals surface area contributed by atoms with Gasteiger partial charge >= 0.3 is 6.03 Å². The molecule has 2 atom stereocenters. The van der Waals surface area contributed by atoms with Crippen LogP contribution in [0.2, 0.25) is 5.02 Å². The third-order valence-electron chi connectivity index (χ3n) is 2.88. The van der Waals surface area contributed by atoms with Crippen molar-refractivity contribution >= 4 is 23.3 Å². The van der Waals surface area contributed by atoms with E-state index in [4.69, 9.17) is 16.3 Å². The molecule has 1 saturated heterocycles. The Morgan fingerprint density at radius 1 is 1.42 bits per heavy atom.